The SMILES string of the molecule is O=[N+]([O-])c1cc(S(=O)(=O)CBr)ccc1Cl. The third kappa shape index (κ3) is 2.67. The number of hydrogen-bond donors (Lipinski definition) is 0. The predicted molar refractivity (Wildman–Crippen MR) is 59.1 cm³/mol. The minimum Gasteiger partial charge on any atom is -0.258 e. The lowest BCUT2D eigenvalue weighted by atomic mass is 10.3. The van der Waals surface area contributed by atoms with Gasteiger partial charge in [-0.15, -0.1) is 0 Å². The zero-order valence-corrected chi connectivity index (χ0v) is 10.3. The Kier molecular flexibility index (Phi) is 3.69. The molecule has 0 fully saturated rings. The maximum absolute atomic E-state index is 11.4. The molecule has 5 nitrogen and oxygen atoms in total. The highest BCUT2D eigenvalue weighted by molar-refractivity contribution is 9.10. The Bertz CT molecular complexity index is 502. The Hall–Kier alpha value is -0.660. The van der Waals surface area contributed by atoms with E-state index in [1.165, 1.54) is 12.1 Å². The molecule has 82 valence electrons. The molecule has 0 aliphatic heterocycles. The summed E-state index contributed by atoms with van der Waals surface area (Å²) in [5, 5.41) is 10.4. The average Bonchev–Trinajstić information content (AvgIpc) is 2.17. The lowest BCUT2D eigenvalue weighted by molar-refractivity contribution is -0.384. The first-order chi connectivity index (χ1) is 6.88. The second-order valence-electron chi connectivity index (χ2n) is 2.59. The topological polar surface area (TPSA) is 77.3 Å². The second kappa shape index (κ2) is 4.46. The van der Waals surface area contributed by atoms with Gasteiger partial charge in [0.15, 0.2) is 9.84 Å². The van der Waals surface area contributed by atoms with Crippen molar-refractivity contribution in [3.8, 4) is 0 Å². The van der Waals surface area contributed by atoms with Gasteiger partial charge in [-0.25, -0.2) is 8.42 Å². The van der Waals surface area contributed by atoms with Crippen LogP contribution in [0.1, 0.15) is 0 Å². The van der Waals surface area contributed by atoms with Gasteiger partial charge < -0.3 is 0 Å². The molecule has 0 atom stereocenters. The summed E-state index contributed by atoms with van der Waals surface area (Å²) in [5.74, 6) is 0. The molecule has 8 heteroatoms. The van der Waals surface area contributed by atoms with E-state index in [1.807, 2.05) is 0 Å². The number of sulfone groups is 1. The van der Waals surface area contributed by atoms with Crippen LogP contribution in [0.5, 0.6) is 0 Å². The summed E-state index contributed by atoms with van der Waals surface area (Å²) in [6.45, 7) is 0. The van der Waals surface area contributed by atoms with E-state index in [0.717, 1.165) is 6.07 Å². The fourth-order valence-corrected chi connectivity index (χ4v) is 2.56. The van der Waals surface area contributed by atoms with Crippen molar-refractivity contribution < 1.29 is 13.3 Å². The first-order valence-corrected chi connectivity index (χ1v) is 6.76. The van der Waals surface area contributed by atoms with Gasteiger partial charge in [-0.05, 0) is 12.1 Å². The fourth-order valence-electron chi connectivity index (χ4n) is 0.889. The zero-order valence-electron chi connectivity index (χ0n) is 7.18. The van der Waals surface area contributed by atoms with Crippen LogP contribution in [-0.2, 0) is 9.84 Å². The van der Waals surface area contributed by atoms with Crippen molar-refractivity contribution >= 4 is 43.1 Å². The van der Waals surface area contributed by atoms with Gasteiger partial charge in [0.1, 0.15) is 9.68 Å². The number of alkyl halides is 1. The lowest BCUT2D eigenvalue weighted by Gasteiger charge is -2.01. The summed E-state index contributed by atoms with van der Waals surface area (Å²) in [7, 11) is -3.52. The van der Waals surface area contributed by atoms with Gasteiger partial charge >= 0.3 is 0 Å². The van der Waals surface area contributed by atoms with E-state index >= 15 is 0 Å². The predicted octanol–water partition coefficient (Wildman–Crippen LogP) is 2.37. The Morgan fingerprint density at radius 1 is 1.47 bits per heavy atom. The maximum Gasteiger partial charge on any atom is 0.289 e. The first-order valence-electron chi connectivity index (χ1n) is 3.61. The van der Waals surface area contributed by atoms with E-state index < -0.39 is 20.4 Å². The van der Waals surface area contributed by atoms with Crippen LogP contribution in [0.15, 0.2) is 23.1 Å². The van der Waals surface area contributed by atoms with Crippen LogP contribution in [0.2, 0.25) is 5.02 Å². The van der Waals surface area contributed by atoms with Crippen LogP contribution in [0.3, 0.4) is 0 Å². The summed E-state index contributed by atoms with van der Waals surface area (Å²) < 4.78 is 22.5. The number of nitrogens with zero attached hydrogens (tertiary/aromatic N) is 1. The van der Waals surface area contributed by atoms with Gasteiger partial charge in [-0.1, -0.05) is 27.5 Å². The third-order valence-corrected chi connectivity index (χ3v) is 5.00. The van der Waals surface area contributed by atoms with Gasteiger partial charge in [0, 0.05) is 6.07 Å². The maximum atomic E-state index is 11.4. The summed E-state index contributed by atoms with van der Waals surface area (Å²) in [6, 6.07) is 3.36. The van der Waals surface area contributed by atoms with Gasteiger partial charge in [0.25, 0.3) is 5.69 Å². The number of nitro groups is 1. The number of rotatable bonds is 3. The molecule has 0 saturated heterocycles. The molecule has 15 heavy (non-hydrogen) atoms. The van der Waals surface area contributed by atoms with E-state index in [-0.39, 0.29) is 14.6 Å². The molecule has 1 aromatic rings. The molecule has 0 N–H and O–H groups in total. The van der Waals surface area contributed by atoms with Crippen molar-refractivity contribution in [2.24, 2.45) is 0 Å². The Morgan fingerprint density at radius 2 is 2.07 bits per heavy atom. The van der Waals surface area contributed by atoms with Crippen LogP contribution >= 0.6 is 27.5 Å². The molecule has 0 heterocycles. The minimum atomic E-state index is -3.52. The van der Waals surface area contributed by atoms with Gasteiger partial charge in [-0.3, -0.25) is 10.1 Å². The Labute approximate surface area is 99.2 Å². The fraction of sp³-hybridized carbons (Fsp3) is 0.143. The lowest BCUT2D eigenvalue weighted by Crippen LogP contribution is -2.02. The van der Waals surface area contributed by atoms with E-state index in [2.05, 4.69) is 15.9 Å². The molecule has 0 saturated carbocycles. The molecule has 0 bridgehead atoms. The quantitative estimate of drug-likeness (QED) is 0.487. The largest absolute Gasteiger partial charge is 0.289 e. The highest BCUT2D eigenvalue weighted by Gasteiger charge is 2.19. The van der Waals surface area contributed by atoms with Crippen LogP contribution in [-0.4, -0.2) is 18.0 Å². The van der Waals surface area contributed by atoms with E-state index in [0.29, 0.717) is 0 Å². The van der Waals surface area contributed by atoms with Gasteiger partial charge in [-0.2, -0.15) is 0 Å². The highest BCUT2D eigenvalue weighted by atomic mass is 79.9. The van der Waals surface area contributed by atoms with Crippen molar-refractivity contribution in [3.05, 3.63) is 33.3 Å². The molecule has 0 aliphatic carbocycles. The summed E-state index contributed by atoms with van der Waals surface area (Å²) in [4.78, 5) is 9.65. The number of benzene rings is 1. The molecule has 0 amide bonds. The number of hydrogen-bond acceptors (Lipinski definition) is 4. The standard InChI is InChI=1S/C7H5BrClNO4S/c8-4-15(13,14)5-1-2-6(9)7(3-5)10(11)12/h1-3H,4H2. The smallest absolute Gasteiger partial charge is 0.258 e. The molecule has 1 rings (SSSR count). The number of halogens is 2. The normalized spacial score (nSPS) is 11.3. The van der Waals surface area contributed by atoms with Gasteiger partial charge in [0.2, 0.25) is 0 Å². The molecule has 1 aromatic carbocycles. The van der Waals surface area contributed by atoms with Crippen molar-refractivity contribution in [1.29, 1.82) is 0 Å². The second-order valence-corrected chi connectivity index (χ2v) is 6.29. The summed E-state index contributed by atoms with van der Waals surface area (Å²) in [5.41, 5.74) is -0.418. The van der Waals surface area contributed by atoms with Gasteiger partial charge in [0.05, 0.1) is 9.82 Å². The first kappa shape index (κ1) is 12.4. The van der Waals surface area contributed by atoms with Crippen LogP contribution in [0, 0.1) is 10.1 Å². The summed E-state index contributed by atoms with van der Waals surface area (Å²) >= 11 is 8.33. The molecule has 0 unspecified atom stereocenters. The average molecular weight is 315 g/mol. The van der Waals surface area contributed by atoms with E-state index in [1.54, 1.807) is 0 Å². The Morgan fingerprint density at radius 3 is 2.53 bits per heavy atom. The minimum absolute atomic E-state index is 0.0893. The van der Waals surface area contributed by atoms with Crippen molar-refractivity contribution in [1.82, 2.24) is 0 Å². The van der Waals surface area contributed by atoms with Crippen molar-refractivity contribution in [3.63, 3.8) is 0 Å². The molecular formula is C7H5BrClNO4S. The van der Waals surface area contributed by atoms with Crippen LogP contribution < -0.4 is 0 Å². The highest BCUT2D eigenvalue weighted by Crippen LogP contribution is 2.27. The zero-order chi connectivity index (χ0) is 11.6. The van der Waals surface area contributed by atoms with Crippen LogP contribution in [0.4, 0.5) is 5.69 Å². The molecular weight excluding hydrogens is 310 g/mol. The van der Waals surface area contributed by atoms with E-state index in [9.17, 15) is 18.5 Å². The third-order valence-electron chi connectivity index (χ3n) is 1.62. The molecule has 0 aromatic heterocycles. The number of nitro benzene ring substituents is 1. The summed E-state index contributed by atoms with van der Waals surface area (Å²) in [6.07, 6.45) is 0. The monoisotopic (exact) mass is 313 g/mol. The molecule has 0 radical (unpaired) electrons. The molecule has 0 spiro atoms. The molecule has 0 aliphatic rings. The van der Waals surface area contributed by atoms with Crippen LogP contribution in [0.25, 0.3) is 0 Å². The van der Waals surface area contributed by atoms with Crippen molar-refractivity contribution in [2.75, 3.05) is 4.66 Å². The Balaban J connectivity index is 3.38. The van der Waals surface area contributed by atoms with Crippen molar-refractivity contribution in [2.45, 2.75) is 4.90 Å². The van der Waals surface area contributed by atoms with E-state index in [4.69, 9.17) is 11.6 Å².